The Kier molecular flexibility index (Phi) is 7.54. The van der Waals surface area contributed by atoms with Crippen LogP contribution in [0.3, 0.4) is 0 Å². The summed E-state index contributed by atoms with van der Waals surface area (Å²) in [6.07, 6.45) is 10.00. The molecule has 6 rings (SSSR count). The Balaban J connectivity index is 1.22. The molecule has 2 saturated heterocycles. The third kappa shape index (κ3) is 5.23. The number of hydrogen-bond acceptors (Lipinski definition) is 9. The number of pyridine rings is 2. The summed E-state index contributed by atoms with van der Waals surface area (Å²) in [5.74, 6) is 0.813. The molecule has 3 fully saturated rings. The normalized spacial score (nSPS) is 21.9. The zero-order valence-electron chi connectivity index (χ0n) is 24.7. The van der Waals surface area contributed by atoms with Crippen LogP contribution in [-0.2, 0) is 0 Å². The number of ketones is 1. The largest absolute Gasteiger partial charge is 0.365 e. The van der Waals surface area contributed by atoms with E-state index in [4.69, 9.17) is 9.97 Å². The molecule has 0 unspecified atom stereocenters. The second-order valence-corrected chi connectivity index (χ2v) is 12.4. The van der Waals surface area contributed by atoms with Crippen LogP contribution in [0.2, 0.25) is 0 Å². The number of nitrogens with one attached hydrogen (secondary N) is 2. The number of aryl methyl sites for hydroxylation is 1. The molecule has 3 aromatic heterocycles. The van der Waals surface area contributed by atoms with Crippen LogP contribution < -0.4 is 21.1 Å². The molecule has 10 nitrogen and oxygen atoms in total. The summed E-state index contributed by atoms with van der Waals surface area (Å²) in [6.45, 7) is 13.3. The van der Waals surface area contributed by atoms with Crippen molar-refractivity contribution < 1.29 is 4.79 Å². The Bertz CT molecular complexity index is 1490. The van der Waals surface area contributed by atoms with Gasteiger partial charge in [-0.3, -0.25) is 19.1 Å². The highest BCUT2D eigenvalue weighted by Gasteiger charge is 2.37. The molecule has 0 radical (unpaired) electrons. The fourth-order valence-electron chi connectivity index (χ4n) is 7.17. The van der Waals surface area contributed by atoms with Gasteiger partial charge < -0.3 is 15.5 Å². The number of carbonyl (C=O) groups is 1. The maximum absolute atomic E-state index is 13.5. The van der Waals surface area contributed by atoms with Crippen molar-refractivity contribution in [1.29, 1.82) is 0 Å². The SMILES string of the molecule is CC(=O)c1c(C)c2cnc(Nc3ccc(N4CCN(C5(C)CCNCC5)C[C@@H]4C)cn3)nc2n(C2CCCC2)c1=O. The second kappa shape index (κ2) is 11.1. The van der Waals surface area contributed by atoms with E-state index in [1.165, 1.54) is 19.8 Å². The molecular formula is C31H42N8O2. The number of aromatic nitrogens is 4. The molecule has 3 aromatic rings. The summed E-state index contributed by atoms with van der Waals surface area (Å²) in [4.78, 5) is 45.0. The van der Waals surface area contributed by atoms with E-state index in [0.29, 0.717) is 29.0 Å². The number of piperidine rings is 1. The molecular weight excluding hydrogens is 516 g/mol. The minimum Gasteiger partial charge on any atom is -0.365 e. The Morgan fingerprint density at radius 1 is 1.10 bits per heavy atom. The van der Waals surface area contributed by atoms with E-state index >= 15 is 0 Å². The van der Waals surface area contributed by atoms with Gasteiger partial charge in [0.25, 0.3) is 5.56 Å². The summed E-state index contributed by atoms with van der Waals surface area (Å²) in [6, 6.07) is 4.51. The lowest BCUT2D eigenvalue weighted by Crippen LogP contribution is -2.61. The number of Topliss-reactive ketones (excluding diaryl/α,β-unsaturated/α-hetero) is 1. The van der Waals surface area contributed by atoms with Gasteiger partial charge in [0.05, 0.1) is 17.4 Å². The molecule has 218 valence electrons. The van der Waals surface area contributed by atoms with Crippen molar-refractivity contribution in [2.75, 3.05) is 42.9 Å². The Morgan fingerprint density at radius 2 is 1.85 bits per heavy atom. The maximum atomic E-state index is 13.5. The molecule has 41 heavy (non-hydrogen) atoms. The number of piperazine rings is 1. The summed E-state index contributed by atoms with van der Waals surface area (Å²) in [5, 5.41) is 7.47. The molecule has 2 N–H and O–H groups in total. The van der Waals surface area contributed by atoms with Gasteiger partial charge in [-0.05, 0) is 84.2 Å². The lowest BCUT2D eigenvalue weighted by molar-refractivity contribution is 0.0555. The first kappa shape index (κ1) is 27.8. The Morgan fingerprint density at radius 3 is 2.51 bits per heavy atom. The fourth-order valence-corrected chi connectivity index (χ4v) is 7.17. The van der Waals surface area contributed by atoms with Crippen molar-refractivity contribution in [2.45, 2.75) is 83.8 Å². The lowest BCUT2D eigenvalue weighted by Gasteiger charge is -2.50. The monoisotopic (exact) mass is 558 g/mol. The molecule has 0 amide bonds. The summed E-state index contributed by atoms with van der Waals surface area (Å²) in [7, 11) is 0. The molecule has 10 heteroatoms. The van der Waals surface area contributed by atoms with E-state index in [1.54, 1.807) is 10.8 Å². The molecule has 0 bridgehead atoms. The zero-order valence-corrected chi connectivity index (χ0v) is 24.7. The maximum Gasteiger partial charge on any atom is 0.263 e. The standard InChI is InChI=1S/C31H42N8O2/c1-20-19-37(31(4)11-13-32-14-12-31)15-16-38(20)24-9-10-26(33-17-24)35-30-34-18-25-21(2)27(22(3)40)29(41)39(28(25)36-30)23-7-5-6-8-23/h9-10,17-18,20,23,32H,5-8,11-16,19H2,1-4H3,(H,33,34,35,36)/t20-/m0/s1. The molecule has 1 atom stereocenters. The number of carbonyl (C=O) groups excluding carboxylic acids is 1. The predicted molar refractivity (Wildman–Crippen MR) is 162 cm³/mol. The van der Waals surface area contributed by atoms with Crippen molar-refractivity contribution in [1.82, 2.24) is 29.7 Å². The smallest absolute Gasteiger partial charge is 0.263 e. The van der Waals surface area contributed by atoms with E-state index in [0.717, 1.165) is 69.5 Å². The third-order valence-electron chi connectivity index (χ3n) is 9.64. The van der Waals surface area contributed by atoms with Gasteiger partial charge in [0.1, 0.15) is 11.5 Å². The van der Waals surface area contributed by atoms with Gasteiger partial charge >= 0.3 is 0 Å². The van der Waals surface area contributed by atoms with Crippen LogP contribution in [-0.4, -0.2) is 74.5 Å². The first-order valence-corrected chi connectivity index (χ1v) is 15.1. The van der Waals surface area contributed by atoms with Crippen LogP contribution in [0.5, 0.6) is 0 Å². The molecule has 3 aliphatic rings. The number of anilines is 3. The van der Waals surface area contributed by atoms with Gasteiger partial charge in [0.2, 0.25) is 5.95 Å². The summed E-state index contributed by atoms with van der Waals surface area (Å²) < 4.78 is 1.74. The van der Waals surface area contributed by atoms with Crippen LogP contribution in [0.1, 0.15) is 81.3 Å². The number of rotatable bonds is 6. The predicted octanol–water partition coefficient (Wildman–Crippen LogP) is 4.21. The highest BCUT2D eigenvalue weighted by molar-refractivity contribution is 5.99. The van der Waals surface area contributed by atoms with Crippen molar-refractivity contribution >= 4 is 34.3 Å². The van der Waals surface area contributed by atoms with Crippen LogP contribution in [0.4, 0.5) is 17.5 Å². The highest BCUT2D eigenvalue weighted by Crippen LogP contribution is 2.33. The van der Waals surface area contributed by atoms with E-state index in [1.807, 2.05) is 19.2 Å². The van der Waals surface area contributed by atoms with Crippen molar-refractivity contribution in [3.8, 4) is 0 Å². The van der Waals surface area contributed by atoms with Crippen LogP contribution >= 0.6 is 0 Å². The number of nitrogens with zero attached hydrogens (tertiary/aromatic N) is 6. The quantitative estimate of drug-likeness (QED) is 0.430. The first-order chi connectivity index (χ1) is 19.7. The average Bonchev–Trinajstić information content (AvgIpc) is 3.48. The van der Waals surface area contributed by atoms with Gasteiger partial charge in [0, 0.05) is 48.8 Å². The average molecular weight is 559 g/mol. The minimum absolute atomic E-state index is 0.0451. The molecule has 1 aliphatic carbocycles. The van der Waals surface area contributed by atoms with E-state index < -0.39 is 0 Å². The second-order valence-electron chi connectivity index (χ2n) is 12.4. The minimum atomic E-state index is -0.245. The van der Waals surface area contributed by atoms with E-state index in [2.05, 4.69) is 45.3 Å². The van der Waals surface area contributed by atoms with Gasteiger partial charge in [-0.1, -0.05) is 12.8 Å². The number of hydrogen-bond donors (Lipinski definition) is 2. The van der Waals surface area contributed by atoms with E-state index in [9.17, 15) is 9.59 Å². The van der Waals surface area contributed by atoms with Crippen molar-refractivity contribution in [3.05, 3.63) is 46.0 Å². The van der Waals surface area contributed by atoms with Crippen molar-refractivity contribution in [2.24, 2.45) is 0 Å². The molecule has 0 spiro atoms. The van der Waals surface area contributed by atoms with Crippen LogP contribution in [0.25, 0.3) is 11.0 Å². The molecule has 1 saturated carbocycles. The zero-order chi connectivity index (χ0) is 28.7. The fraction of sp³-hybridized carbons (Fsp3) is 0.581. The first-order valence-electron chi connectivity index (χ1n) is 15.1. The van der Waals surface area contributed by atoms with Gasteiger partial charge in [-0.2, -0.15) is 4.98 Å². The summed E-state index contributed by atoms with van der Waals surface area (Å²) in [5.41, 5.74) is 2.61. The van der Waals surface area contributed by atoms with Gasteiger partial charge in [-0.15, -0.1) is 0 Å². The van der Waals surface area contributed by atoms with Crippen LogP contribution in [0, 0.1) is 6.92 Å². The van der Waals surface area contributed by atoms with E-state index in [-0.39, 0.29) is 28.5 Å². The third-order valence-corrected chi connectivity index (χ3v) is 9.64. The van der Waals surface area contributed by atoms with Crippen LogP contribution in [0.15, 0.2) is 29.3 Å². The number of fused-ring (bicyclic) bond motifs is 1. The highest BCUT2D eigenvalue weighted by atomic mass is 16.1. The van der Waals surface area contributed by atoms with Gasteiger partial charge in [-0.25, -0.2) is 9.97 Å². The van der Waals surface area contributed by atoms with Gasteiger partial charge in [0.15, 0.2) is 5.78 Å². The molecule has 5 heterocycles. The lowest BCUT2D eigenvalue weighted by atomic mass is 9.87. The Hall–Kier alpha value is -3.37. The Labute approximate surface area is 241 Å². The van der Waals surface area contributed by atoms with Crippen molar-refractivity contribution in [3.63, 3.8) is 0 Å². The molecule has 2 aliphatic heterocycles. The summed E-state index contributed by atoms with van der Waals surface area (Å²) >= 11 is 0. The molecule has 0 aromatic carbocycles. The topological polar surface area (TPSA) is 108 Å².